The highest BCUT2D eigenvalue weighted by Crippen LogP contribution is 2.35. The summed E-state index contributed by atoms with van der Waals surface area (Å²) in [6.07, 6.45) is 4.54. The van der Waals surface area contributed by atoms with E-state index >= 15 is 0 Å². The summed E-state index contributed by atoms with van der Waals surface area (Å²) in [5.41, 5.74) is 2.85. The third kappa shape index (κ3) is 6.89. The number of ether oxygens (including phenoxy) is 1. The van der Waals surface area contributed by atoms with E-state index in [1.54, 1.807) is 0 Å². The first-order chi connectivity index (χ1) is 14.6. The SMILES string of the molecule is CCNC(=NCC1(SCC)CCOCC1)NC1CCN(Cc2ccccc2C)CC1. The zero-order chi connectivity index (χ0) is 21.2. The highest BCUT2D eigenvalue weighted by molar-refractivity contribution is 8.00. The number of nitrogens with one attached hydrogen (secondary N) is 2. The Morgan fingerprint density at radius 2 is 1.93 bits per heavy atom. The Balaban J connectivity index is 1.51. The lowest BCUT2D eigenvalue weighted by atomic mass is 9.99. The van der Waals surface area contributed by atoms with Gasteiger partial charge in [0, 0.05) is 50.2 Å². The van der Waals surface area contributed by atoms with Crippen LogP contribution in [-0.2, 0) is 11.3 Å². The number of aryl methyl sites for hydroxylation is 1. The van der Waals surface area contributed by atoms with E-state index in [1.807, 2.05) is 0 Å². The van der Waals surface area contributed by atoms with E-state index < -0.39 is 0 Å². The predicted octanol–water partition coefficient (Wildman–Crippen LogP) is 3.82. The van der Waals surface area contributed by atoms with Gasteiger partial charge < -0.3 is 15.4 Å². The molecule has 2 fully saturated rings. The van der Waals surface area contributed by atoms with Crippen LogP contribution in [0.4, 0.5) is 0 Å². The third-order valence-electron chi connectivity index (χ3n) is 6.31. The Morgan fingerprint density at radius 1 is 1.20 bits per heavy atom. The summed E-state index contributed by atoms with van der Waals surface area (Å²) in [7, 11) is 0. The second kappa shape index (κ2) is 12.0. The molecule has 3 rings (SSSR count). The van der Waals surface area contributed by atoms with E-state index in [4.69, 9.17) is 9.73 Å². The van der Waals surface area contributed by atoms with E-state index in [1.165, 1.54) is 24.0 Å². The largest absolute Gasteiger partial charge is 0.381 e. The van der Waals surface area contributed by atoms with Gasteiger partial charge in [-0.05, 0) is 56.4 Å². The molecule has 0 aliphatic carbocycles. The Morgan fingerprint density at radius 3 is 2.60 bits per heavy atom. The van der Waals surface area contributed by atoms with Crippen LogP contribution in [0.3, 0.4) is 0 Å². The van der Waals surface area contributed by atoms with E-state index in [9.17, 15) is 0 Å². The van der Waals surface area contributed by atoms with Crippen molar-refractivity contribution in [1.82, 2.24) is 15.5 Å². The number of nitrogens with zero attached hydrogens (tertiary/aromatic N) is 2. The molecule has 1 aromatic carbocycles. The monoisotopic (exact) mass is 432 g/mol. The van der Waals surface area contributed by atoms with Crippen LogP contribution in [0.2, 0.25) is 0 Å². The van der Waals surface area contributed by atoms with Gasteiger partial charge in [-0.25, -0.2) is 0 Å². The Kier molecular flexibility index (Phi) is 9.34. The van der Waals surface area contributed by atoms with Crippen molar-refractivity contribution in [2.75, 3.05) is 45.1 Å². The predicted molar refractivity (Wildman–Crippen MR) is 130 cm³/mol. The van der Waals surface area contributed by atoms with Crippen LogP contribution in [0.15, 0.2) is 29.3 Å². The first-order valence-corrected chi connectivity index (χ1v) is 12.7. The molecule has 0 spiro atoms. The van der Waals surface area contributed by atoms with Crippen LogP contribution in [0.25, 0.3) is 0 Å². The van der Waals surface area contributed by atoms with Gasteiger partial charge in [0.25, 0.3) is 0 Å². The van der Waals surface area contributed by atoms with Gasteiger partial charge >= 0.3 is 0 Å². The van der Waals surface area contributed by atoms with Gasteiger partial charge in [0.2, 0.25) is 0 Å². The van der Waals surface area contributed by atoms with Crippen molar-refractivity contribution in [2.45, 2.75) is 63.8 Å². The van der Waals surface area contributed by atoms with Gasteiger partial charge in [-0.1, -0.05) is 31.2 Å². The van der Waals surface area contributed by atoms with E-state index in [0.717, 1.165) is 70.5 Å². The second-order valence-corrected chi connectivity index (χ2v) is 10.3. The Hall–Kier alpha value is -1.24. The van der Waals surface area contributed by atoms with E-state index in [-0.39, 0.29) is 4.75 Å². The minimum Gasteiger partial charge on any atom is -0.381 e. The molecule has 0 radical (unpaired) electrons. The van der Waals surface area contributed by atoms with Crippen molar-refractivity contribution < 1.29 is 4.74 Å². The lowest BCUT2D eigenvalue weighted by Gasteiger charge is -2.36. The number of aliphatic imine (C=N–C) groups is 1. The summed E-state index contributed by atoms with van der Waals surface area (Å²) in [4.78, 5) is 7.61. The number of hydrogen-bond acceptors (Lipinski definition) is 4. The number of benzene rings is 1. The van der Waals surface area contributed by atoms with E-state index in [2.05, 4.69) is 72.3 Å². The number of guanidine groups is 1. The number of rotatable bonds is 8. The first-order valence-electron chi connectivity index (χ1n) is 11.7. The fraction of sp³-hybridized carbons (Fsp3) is 0.708. The quantitative estimate of drug-likeness (QED) is 0.483. The average molecular weight is 433 g/mol. The number of thioether (sulfide) groups is 1. The molecule has 30 heavy (non-hydrogen) atoms. The second-order valence-electron chi connectivity index (χ2n) is 8.54. The van der Waals surface area contributed by atoms with E-state index in [0.29, 0.717) is 6.04 Å². The van der Waals surface area contributed by atoms with Crippen LogP contribution >= 0.6 is 11.8 Å². The van der Waals surface area contributed by atoms with Crippen LogP contribution in [0.5, 0.6) is 0 Å². The van der Waals surface area contributed by atoms with Crippen molar-refractivity contribution >= 4 is 17.7 Å². The van der Waals surface area contributed by atoms with Crippen molar-refractivity contribution in [2.24, 2.45) is 4.99 Å². The molecule has 0 bridgehead atoms. The highest BCUT2D eigenvalue weighted by atomic mass is 32.2. The summed E-state index contributed by atoms with van der Waals surface area (Å²) in [6, 6.07) is 9.25. The number of likely N-dealkylation sites (tertiary alicyclic amines) is 1. The molecule has 0 amide bonds. The van der Waals surface area contributed by atoms with Crippen molar-refractivity contribution in [3.63, 3.8) is 0 Å². The van der Waals surface area contributed by atoms with Gasteiger partial charge in [0.15, 0.2) is 5.96 Å². The third-order valence-corrected chi connectivity index (χ3v) is 7.75. The minimum atomic E-state index is 0.242. The fourth-order valence-corrected chi connectivity index (χ4v) is 5.62. The summed E-state index contributed by atoms with van der Waals surface area (Å²) < 4.78 is 5.85. The molecule has 0 saturated carbocycles. The fourth-order valence-electron chi connectivity index (χ4n) is 4.40. The maximum absolute atomic E-state index is 5.61. The van der Waals surface area contributed by atoms with Gasteiger partial charge in [-0.15, -0.1) is 0 Å². The summed E-state index contributed by atoms with van der Waals surface area (Å²) >= 11 is 2.06. The van der Waals surface area contributed by atoms with Gasteiger partial charge in [-0.3, -0.25) is 9.89 Å². The highest BCUT2D eigenvalue weighted by Gasteiger charge is 2.32. The van der Waals surface area contributed by atoms with Crippen molar-refractivity contribution in [3.05, 3.63) is 35.4 Å². The molecule has 1 aromatic rings. The summed E-state index contributed by atoms with van der Waals surface area (Å²) in [5.74, 6) is 2.12. The average Bonchev–Trinajstić information content (AvgIpc) is 2.76. The number of piperidine rings is 1. The van der Waals surface area contributed by atoms with Gasteiger partial charge in [0.05, 0.1) is 6.54 Å². The van der Waals surface area contributed by atoms with Crippen LogP contribution < -0.4 is 10.6 Å². The molecule has 0 aromatic heterocycles. The van der Waals surface area contributed by atoms with Crippen LogP contribution in [0, 0.1) is 6.92 Å². The molecule has 2 aliphatic rings. The minimum absolute atomic E-state index is 0.242. The Bertz CT molecular complexity index is 661. The standard InChI is InChI=1S/C24H40N4OS/c1-4-25-23(26-19-24(30-5-2)12-16-29-17-13-24)27-22-10-14-28(15-11-22)18-21-9-7-6-8-20(21)3/h6-9,22H,4-5,10-19H2,1-3H3,(H2,25,26,27). The zero-order valence-electron chi connectivity index (χ0n) is 19.1. The molecule has 2 heterocycles. The molecule has 2 aliphatic heterocycles. The topological polar surface area (TPSA) is 48.9 Å². The summed E-state index contributed by atoms with van der Waals surface area (Å²) in [5, 5.41) is 7.20. The van der Waals surface area contributed by atoms with Crippen molar-refractivity contribution in [1.29, 1.82) is 0 Å². The molecular weight excluding hydrogens is 392 g/mol. The molecule has 0 unspecified atom stereocenters. The molecular formula is C24H40N4OS. The first kappa shape index (κ1) is 23.4. The summed E-state index contributed by atoms with van der Waals surface area (Å²) in [6.45, 7) is 13.4. The molecule has 2 saturated heterocycles. The maximum atomic E-state index is 5.61. The Labute approximate surface area is 187 Å². The molecule has 168 valence electrons. The maximum Gasteiger partial charge on any atom is 0.191 e. The normalized spacial score (nSPS) is 20.8. The smallest absolute Gasteiger partial charge is 0.191 e. The van der Waals surface area contributed by atoms with Crippen molar-refractivity contribution in [3.8, 4) is 0 Å². The van der Waals surface area contributed by atoms with Crippen LogP contribution in [-0.4, -0.2) is 66.8 Å². The van der Waals surface area contributed by atoms with Gasteiger partial charge in [0.1, 0.15) is 0 Å². The molecule has 6 heteroatoms. The van der Waals surface area contributed by atoms with Gasteiger partial charge in [-0.2, -0.15) is 11.8 Å². The molecule has 5 nitrogen and oxygen atoms in total. The van der Waals surface area contributed by atoms with Crippen LogP contribution in [0.1, 0.15) is 50.7 Å². The lowest BCUT2D eigenvalue weighted by Crippen LogP contribution is -2.49. The zero-order valence-corrected chi connectivity index (χ0v) is 19.9. The molecule has 2 N–H and O–H groups in total. The molecule has 0 atom stereocenters. The number of hydrogen-bond donors (Lipinski definition) is 2. The lowest BCUT2D eigenvalue weighted by molar-refractivity contribution is 0.0793.